The average molecular weight is 365 g/mol. The van der Waals surface area contributed by atoms with E-state index in [0.29, 0.717) is 23.1 Å². The quantitative estimate of drug-likeness (QED) is 0.643. The summed E-state index contributed by atoms with van der Waals surface area (Å²) in [4.78, 5) is 0. The number of aryl methyl sites for hydroxylation is 1. The van der Waals surface area contributed by atoms with Crippen molar-refractivity contribution in [2.45, 2.75) is 23.8 Å². The largest absolute Gasteiger partial charge is 0.454 e. The van der Waals surface area contributed by atoms with Gasteiger partial charge in [-0.1, -0.05) is 41.6 Å². The molecule has 130 valence electrons. The number of nitriles is 1. The minimum Gasteiger partial charge on any atom is -0.454 e. The van der Waals surface area contributed by atoms with Gasteiger partial charge in [0.25, 0.3) is 0 Å². The molecule has 0 spiro atoms. The lowest BCUT2D eigenvalue weighted by Crippen LogP contribution is -2.07. The van der Waals surface area contributed by atoms with E-state index in [1.807, 2.05) is 49.4 Å². The maximum Gasteiger partial charge on any atom is 0.231 e. The van der Waals surface area contributed by atoms with Crippen LogP contribution in [0.3, 0.4) is 0 Å². The Morgan fingerprint density at radius 2 is 2.00 bits per heavy atom. The second-order valence-corrected chi connectivity index (χ2v) is 7.01. The third-order valence-electron chi connectivity index (χ3n) is 3.97. The van der Waals surface area contributed by atoms with Gasteiger partial charge in [0.15, 0.2) is 11.5 Å². The Bertz CT molecular complexity index is 964. The smallest absolute Gasteiger partial charge is 0.231 e. The maximum atomic E-state index is 9.54. The molecule has 0 unspecified atom stereocenters. The summed E-state index contributed by atoms with van der Waals surface area (Å²) in [6, 6.07) is 16.0. The summed E-state index contributed by atoms with van der Waals surface area (Å²) in [5, 5.41) is 21.7. The highest BCUT2D eigenvalue weighted by molar-refractivity contribution is 8.00. The van der Waals surface area contributed by atoms with Gasteiger partial charge in [-0.05, 0) is 41.5 Å². The predicted octanol–water partition coefficient (Wildman–Crippen LogP) is 2.93. The van der Waals surface area contributed by atoms with Crippen LogP contribution in [0, 0.1) is 18.3 Å². The van der Waals surface area contributed by atoms with Gasteiger partial charge in [0, 0.05) is 6.07 Å². The topological polar surface area (TPSA) is 85.9 Å². The second kappa shape index (κ2) is 7.06. The third-order valence-corrected chi connectivity index (χ3v) is 5.00. The highest BCUT2D eigenvalue weighted by atomic mass is 32.2. The number of thioether (sulfide) groups is 1. The minimum absolute atomic E-state index is 0.211. The first-order chi connectivity index (χ1) is 12.7. The molecular formula is C18H15N5O2S. The normalized spacial score (nSPS) is 13.4. The Morgan fingerprint density at radius 3 is 2.81 bits per heavy atom. The molecule has 3 aromatic rings. The van der Waals surface area contributed by atoms with Gasteiger partial charge in [-0.3, -0.25) is 0 Å². The highest BCUT2D eigenvalue weighted by Crippen LogP contribution is 2.34. The van der Waals surface area contributed by atoms with E-state index in [4.69, 9.17) is 9.47 Å². The molecule has 7 nitrogen and oxygen atoms in total. The fraction of sp³-hybridized carbons (Fsp3) is 0.222. The fourth-order valence-electron chi connectivity index (χ4n) is 2.61. The van der Waals surface area contributed by atoms with Crippen molar-refractivity contribution in [3.63, 3.8) is 0 Å². The van der Waals surface area contributed by atoms with Crippen LogP contribution in [0.4, 0.5) is 0 Å². The Labute approximate surface area is 154 Å². The number of benzene rings is 2. The molecule has 2 heterocycles. The van der Waals surface area contributed by atoms with Crippen molar-refractivity contribution in [3.8, 4) is 23.3 Å². The van der Waals surface area contributed by atoms with E-state index in [1.54, 1.807) is 4.68 Å². The summed E-state index contributed by atoms with van der Waals surface area (Å²) in [5.41, 5.74) is 3.06. The monoisotopic (exact) mass is 365 g/mol. The molecule has 1 aliphatic rings. The van der Waals surface area contributed by atoms with Crippen LogP contribution in [0.15, 0.2) is 47.6 Å². The van der Waals surface area contributed by atoms with Crippen molar-refractivity contribution in [1.82, 2.24) is 20.2 Å². The fourth-order valence-corrected chi connectivity index (χ4v) is 3.52. The molecule has 2 aromatic carbocycles. The Kier molecular flexibility index (Phi) is 4.46. The van der Waals surface area contributed by atoms with Crippen LogP contribution >= 0.6 is 11.8 Å². The predicted molar refractivity (Wildman–Crippen MR) is 95.4 cm³/mol. The number of ether oxygens (including phenoxy) is 2. The number of fused-ring (bicyclic) bond motifs is 1. The molecule has 0 saturated carbocycles. The van der Waals surface area contributed by atoms with Gasteiger partial charge in [0.2, 0.25) is 11.9 Å². The van der Waals surface area contributed by atoms with Gasteiger partial charge in [0.05, 0.1) is 11.8 Å². The van der Waals surface area contributed by atoms with Crippen molar-refractivity contribution < 1.29 is 9.47 Å². The van der Waals surface area contributed by atoms with Gasteiger partial charge >= 0.3 is 0 Å². The summed E-state index contributed by atoms with van der Waals surface area (Å²) < 4.78 is 12.3. The number of rotatable bonds is 5. The molecular weight excluding hydrogens is 350 g/mol. The van der Waals surface area contributed by atoms with Crippen molar-refractivity contribution in [2.24, 2.45) is 0 Å². The highest BCUT2D eigenvalue weighted by Gasteiger charge is 2.19. The molecule has 26 heavy (non-hydrogen) atoms. The number of hydrogen-bond acceptors (Lipinski definition) is 7. The van der Waals surface area contributed by atoms with Gasteiger partial charge < -0.3 is 9.47 Å². The van der Waals surface area contributed by atoms with E-state index in [0.717, 1.165) is 11.3 Å². The Hall–Kier alpha value is -3.05. The number of tetrazole rings is 1. The summed E-state index contributed by atoms with van der Waals surface area (Å²) in [6.45, 7) is 2.25. The minimum atomic E-state index is -0.295. The number of hydrogen-bond donors (Lipinski definition) is 0. The van der Waals surface area contributed by atoms with Crippen LogP contribution < -0.4 is 9.47 Å². The van der Waals surface area contributed by atoms with Crippen LogP contribution in [-0.4, -0.2) is 32.3 Å². The average Bonchev–Trinajstić information content (AvgIpc) is 3.31. The number of aromatic nitrogens is 4. The lowest BCUT2D eigenvalue weighted by atomic mass is 10.1. The molecule has 0 amide bonds. The zero-order chi connectivity index (χ0) is 17.9. The Morgan fingerprint density at radius 1 is 1.19 bits per heavy atom. The second-order valence-electron chi connectivity index (χ2n) is 5.84. The molecule has 1 atom stereocenters. The first-order valence-corrected chi connectivity index (χ1v) is 8.91. The van der Waals surface area contributed by atoms with E-state index in [2.05, 4.69) is 21.6 Å². The van der Waals surface area contributed by atoms with Crippen LogP contribution in [-0.2, 0) is 6.42 Å². The molecule has 0 fully saturated rings. The maximum absolute atomic E-state index is 9.54. The van der Waals surface area contributed by atoms with E-state index in [1.165, 1.54) is 17.3 Å². The molecule has 8 heteroatoms. The van der Waals surface area contributed by atoms with Crippen molar-refractivity contribution in [1.29, 1.82) is 5.26 Å². The summed E-state index contributed by atoms with van der Waals surface area (Å²) in [5.74, 6) is 1.36. The van der Waals surface area contributed by atoms with Gasteiger partial charge in [-0.2, -0.15) is 9.94 Å². The summed E-state index contributed by atoms with van der Waals surface area (Å²) in [6.07, 6.45) is 0.620. The first kappa shape index (κ1) is 16.4. The van der Waals surface area contributed by atoms with Gasteiger partial charge in [0.1, 0.15) is 5.25 Å². The molecule has 0 saturated heterocycles. The van der Waals surface area contributed by atoms with Crippen LogP contribution in [0.25, 0.3) is 5.69 Å². The van der Waals surface area contributed by atoms with E-state index < -0.39 is 0 Å². The summed E-state index contributed by atoms with van der Waals surface area (Å²) >= 11 is 1.34. The summed E-state index contributed by atoms with van der Waals surface area (Å²) in [7, 11) is 0. The lowest BCUT2D eigenvalue weighted by molar-refractivity contribution is 0.174. The zero-order valence-corrected chi connectivity index (χ0v) is 14.8. The number of nitrogens with zero attached hydrogens (tertiary/aromatic N) is 5. The molecule has 0 aliphatic carbocycles. The van der Waals surface area contributed by atoms with Crippen molar-refractivity contribution >= 4 is 11.8 Å². The van der Waals surface area contributed by atoms with E-state index >= 15 is 0 Å². The SMILES string of the molecule is Cc1ccc(C[C@@H](C#N)Sc2nnnn2-c2ccc3c(c2)OCO3)cc1. The Balaban J connectivity index is 1.54. The standard InChI is InChI=1S/C18H15N5O2S/c1-12-2-4-13(5-3-12)8-15(10-19)26-18-20-21-22-23(18)14-6-7-16-17(9-14)25-11-24-16/h2-7,9,15H,8,11H2,1H3/t15-/m0/s1. The van der Waals surface area contributed by atoms with Crippen LogP contribution in [0.5, 0.6) is 11.5 Å². The zero-order valence-electron chi connectivity index (χ0n) is 14.0. The third kappa shape index (κ3) is 3.34. The van der Waals surface area contributed by atoms with Crippen LogP contribution in [0.1, 0.15) is 11.1 Å². The van der Waals surface area contributed by atoms with Crippen molar-refractivity contribution in [3.05, 3.63) is 53.6 Å². The molecule has 1 aromatic heterocycles. The van der Waals surface area contributed by atoms with E-state index in [9.17, 15) is 5.26 Å². The van der Waals surface area contributed by atoms with E-state index in [-0.39, 0.29) is 12.0 Å². The molecule has 0 radical (unpaired) electrons. The molecule has 0 bridgehead atoms. The van der Waals surface area contributed by atoms with Gasteiger partial charge in [-0.15, -0.1) is 5.10 Å². The first-order valence-electron chi connectivity index (χ1n) is 8.03. The van der Waals surface area contributed by atoms with Crippen molar-refractivity contribution in [2.75, 3.05) is 6.79 Å². The van der Waals surface area contributed by atoms with Crippen LogP contribution in [0.2, 0.25) is 0 Å². The molecule has 4 rings (SSSR count). The molecule has 1 aliphatic heterocycles. The lowest BCUT2D eigenvalue weighted by Gasteiger charge is -2.09. The van der Waals surface area contributed by atoms with Gasteiger partial charge in [-0.25, -0.2) is 0 Å². The molecule has 0 N–H and O–H groups in total.